The molecule has 0 saturated carbocycles. The van der Waals surface area contributed by atoms with Crippen LogP contribution >= 0.6 is 0 Å². The summed E-state index contributed by atoms with van der Waals surface area (Å²) in [6.07, 6.45) is 4.60. The Labute approximate surface area is 125 Å². The summed E-state index contributed by atoms with van der Waals surface area (Å²) in [4.78, 5) is 12.6. The number of likely N-dealkylation sites (tertiary alicyclic amines) is 1. The third-order valence-corrected chi connectivity index (χ3v) is 4.06. The van der Waals surface area contributed by atoms with E-state index in [1.54, 1.807) is 7.11 Å². The van der Waals surface area contributed by atoms with Crippen LogP contribution in [0.1, 0.15) is 37.4 Å². The SMILES string of the molecule is COc1ccc([C@H]2N=C(CCCN3CCCC3)ON2)cc1. The first-order chi connectivity index (χ1) is 10.3. The summed E-state index contributed by atoms with van der Waals surface area (Å²) in [7, 11) is 1.67. The third kappa shape index (κ3) is 3.74. The summed E-state index contributed by atoms with van der Waals surface area (Å²) in [5, 5.41) is 0. The van der Waals surface area contributed by atoms with E-state index in [0.29, 0.717) is 0 Å². The van der Waals surface area contributed by atoms with Crippen molar-refractivity contribution in [3.8, 4) is 5.75 Å². The second kappa shape index (κ2) is 6.91. The van der Waals surface area contributed by atoms with Crippen LogP contribution in [0, 0.1) is 0 Å². The molecule has 0 aliphatic carbocycles. The molecule has 5 nitrogen and oxygen atoms in total. The van der Waals surface area contributed by atoms with Crippen molar-refractivity contribution in [3.63, 3.8) is 0 Å². The molecule has 2 aliphatic rings. The first-order valence-corrected chi connectivity index (χ1v) is 7.70. The van der Waals surface area contributed by atoms with Gasteiger partial charge in [-0.1, -0.05) is 12.1 Å². The maximum Gasteiger partial charge on any atom is 0.211 e. The lowest BCUT2D eigenvalue weighted by Crippen LogP contribution is -2.21. The molecule has 3 rings (SSSR count). The van der Waals surface area contributed by atoms with E-state index in [0.717, 1.165) is 36.6 Å². The zero-order chi connectivity index (χ0) is 14.5. The van der Waals surface area contributed by atoms with Crippen molar-refractivity contribution < 1.29 is 9.57 Å². The molecule has 0 bridgehead atoms. The maximum atomic E-state index is 5.49. The van der Waals surface area contributed by atoms with E-state index in [9.17, 15) is 0 Å². The molecule has 2 heterocycles. The highest BCUT2D eigenvalue weighted by Crippen LogP contribution is 2.22. The highest BCUT2D eigenvalue weighted by atomic mass is 16.7. The number of benzene rings is 1. The van der Waals surface area contributed by atoms with Crippen LogP contribution in [0.15, 0.2) is 29.3 Å². The average molecular weight is 289 g/mol. The third-order valence-electron chi connectivity index (χ3n) is 4.06. The highest BCUT2D eigenvalue weighted by molar-refractivity contribution is 5.77. The van der Waals surface area contributed by atoms with Gasteiger partial charge in [0.25, 0.3) is 0 Å². The predicted octanol–water partition coefficient (Wildman–Crippen LogP) is 2.50. The molecule has 0 spiro atoms. The molecule has 0 aromatic heterocycles. The van der Waals surface area contributed by atoms with E-state index in [2.05, 4.69) is 15.4 Å². The Bertz CT molecular complexity index is 481. The molecule has 1 aromatic rings. The molecule has 1 aromatic carbocycles. The van der Waals surface area contributed by atoms with Gasteiger partial charge in [-0.3, -0.25) is 0 Å². The van der Waals surface area contributed by atoms with E-state index < -0.39 is 0 Å². The minimum absolute atomic E-state index is 0.0994. The van der Waals surface area contributed by atoms with Crippen LogP contribution in [0.25, 0.3) is 0 Å². The van der Waals surface area contributed by atoms with E-state index in [1.807, 2.05) is 24.3 Å². The number of hydrogen-bond acceptors (Lipinski definition) is 5. The topological polar surface area (TPSA) is 46.1 Å². The zero-order valence-electron chi connectivity index (χ0n) is 12.5. The molecule has 114 valence electrons. The number of methoxy groups -OCH3 is 1. The molecule has 5 heteroatoms. The van der Waals surface area contributed by atoms with Crippen molar-refractivity contribution in [2.24, 2.45) is 4.99 Å². The van der Waals surface area contributed by atoms with Crippen LogP contribution in [0.3, 0.4) is 0 Å². The van der Waals surface area contributed by atoms with Gasteiger partial charge in [0.05, 0.1) is 7.11 Å². The van der Waals surface area contributed by atoms with Crippen LogP contribution in [0.2, 0.25) is 0 Å². The fourth-order valence-electron chi connectivity index (χ4n) is 2.83. The van der Waals surface area contributed by atoms with Crippen LogP contribution < -0.4 is 10.2 Å². The minimum Gasteiger partial charge on any atom is -0.497 e. The number of rotatable bonds is 6. The Hall–Kier alpha value is -1.59. The Morgan fingerprint density at radius 2 is 2.05 bits per heavy atom. The number of nitrogens with zero attached hydrogens (tertiary/aromatic N) is 2. The maximum absolute atomic E-state index is 5.49. The number of aliphatic imine (C=N–C) groups is 1. The zero-order valence-corrected chi connectivity index (χ0v) is 12.5. The van der Waals surface area contributed by atoms with Crippen molar-refractivity contribution in [1.82, 2.24) is 10.4 Å². The largest absolute Gasteiger partial charge is 0.497 e. The first-order valence-electron chi connectivity index (χ1n) is 7.70. The fraction of sp³-hybridized carbons (Fsp3) is 0.562. The molecule has 0 amide bonds. The molecular weight excluding hydrogens is 266 g/mol. The van der Waals surface area contributed by atoms with Gasteiger partial charge in [0.2, 0.25) is 5.90 Å². The summed E-state index contributed by atoms with van der Waals surface area (Å²) in [5.41, 5.74) is 4.07. The van der Waals surface area contributed by atoms with Gasteiger partial charge in [0.15, 0.2) is 6.17 Å². The monoisotopic (exact) mass is 289 g/mol. The number of nitrogens with one attached hydrogen (secondary N) is 1. The van der Waals surface area contributed by atoms with Gasteiger partial charge in [0, 0.05) is 6.42 Å². The standard InChI is InChI=1S/C16H23N3O2/c1-20-14-8-6-13(7-9-14)16-17-15(21-18-16)5-4-12-19-10-2-3-11-19/h6-9,16,18H,2-5,10-12H2,1H3/t16-/m0/s1. The summed E-state index contributed by atoms with van der Waals surface area (Å²) in [6, 6.07) is 7.91. The average Bonchev–Trinajstić information content (AvgIpc) is 3.19. The first kappa shape index (κ1) is 14.4. The van der Waals surface area contributed by atoms with Gasteiger partial charge < -0.3 is 14.5 Å². The Morgan fingerprint density at radius 3 is 2.76 bits per heavy atom. The highest BCUT2D eigenvalue weighted by Gasteiger charge is 2.20. The number of hydrogen-bond donors (Lipinski definition) is 1. The molecule has 1 N–H and O–H groups in total. The van der Waals surface area contributed by atoms with Crippen molar-refractivity contribution in [3.05, 3.63) is 29.8 Å². The summed E-state index contributed by atoms with van der Waals surface area (Å²) in [5.74, 6) is 1.67. The lowest BCUT2D eigenvalue weighted by atomic mass is 10.2. The van der Waals surface area contributed by atoms with Crippen molar-refractivity contribution in [2.75, 3.05) is 26.7 Å². The number of ether oxygens (including phenoxy) is 1. The molecule has 0 unspecified atom stereocenters. The van der Waals surface area contributed by atoms with E-state index in [-0.39, 0.29) is 6.17 Å². The second-order valence-corrected chi connectivity index (χ2v) is 5.57. The molecule has 1 saturated heterocycles. The van der Waals surface area contributed by atoms with E-state index >= 15 is 0 Å². The molecule has 2 aliphatic heterocycles. The van der Waals surface area contributed by atoms with Gasteiger partial charge in [-0.15, -0.1) is 5.48 Å². The molecule has 1 atom stereocenters. The summed E-state index contributed by atoms with van der Waals surface area (Å²) >= 11 is 0. The van der Waals surface area contributed by atoms with Crippen LogP contribution in [0.5, 0.6) is 5.75 Å². The van der Waals surface area contributed by atoms with Crippen LogP contribution in [-0.2, 0) is 4.84 Å². The molecular formula is C16H23N3O2. The normalized spacial score (nSPS) is 22.1. The second-order valence-electron chi connectivity index (χ2n) is 5.57. The predicted molar refractivity (Wildman–Crippen MR) is 82.3 cm³/mol. The summed E-state index contributed by atoms with van der Waals surface area (Å²) < 4.78 is 5.16. The van der Waals surface area contributed by atoms with Gasteiger partial charge >= 0.3 is 0 Å². The van der Waals surface area contributed by atoms with Gasteiger partial charge in [-0.25, -0.2) is 4.99 Å². The lowest BCUT2D eigenvalue weighted by Gasteiger charge is -2.13. The van der Waals surface area contributed by atoms with Crippen molar-refractivity contribution >= 4 is 5.90 Å². The van der Waals surface area contributed by atoms with E-state index in [1.165, 1.54) is 25.9 Å². The van der Waals surface area contributed by atoms with Crippen molar-refractivity contribution in [2.45, 2.75) is 31.8 Å². The molecule has 21 heavy (non-hydrogen) atoms. The van der Waals surface area contributed by atoms with E-state index in [4.69, 9.17) is 9.57 Å². The van der Waals surface area contributed by atoms with Gasteiger partial charge in [0.1, 0.15) is 5.75 Å². The van der Waals surface area contributed by atoms with Gasteiger partial charge in [-0.05, 0) is 56.6 Å². The fourth-order valence-corrected chi connectivity index (χ4v) is 2.83. The minimum atomic E-state index is -0.0994. The Balaban J connectivity index is 1.48. The Morgan fingerprint density at radius 1 is 1.29 bits per heavy atom. The smallest absolute Gasteiger partial charge is 0.211 e. The van der Waals surface area contributed by atoms with Gasteiger partial charge in [-0.2, -0.15) is 0 Å². The summed E-state index contributed by atoms with van der Waals surface area (Å²) in [6.45, 7) is 3.65. The van der Waals surface area contributed by atoms with Crippen LogP contribution in [0.4, 0.5) is 0 Å². The molecule has 1 fully saturated rings. The molecule has 0 radical (unpaired) electrons. The van der Waals surface area contributed by atoms with Crippen LogP contribution in [-0.4, -0.2) is 37.5 Å². The Kier molecular flexibility index (Phi) is 4.72. The number of hydroxylamine groups is 1. The lowest BCUT2D eigenvalue weighted by molar-refractivity contribution is 0.174. The van der Waals surface area contributed by atoms with Crippen molar-refractivity contribution in [1.29, 1.82) is 0 Å². The quantitative estimate of drug-likeness (QED) is 0.874.